The van der Waals surface area contributed by atoms with E-state index in [9.17, 15) is 14.4 Å². The molecular formula is C20H20N2O4. The van der Waals surface area contributed by atoms with Gasteiger partial charge in [-0.3, -0.25) is 9.59 Å². The highest BCUT2D eigenvalue weighted by atomic mass is 16.4. The summed E-state index contributed by atoms with van der Waals surface area (Å²) in [5, 5.41) is 14.6. The van der Waals surface area contributed by atoms with Crippen LogP contribution < -0.4 is 10.6 Å². The minimum absolute atomic E-state index is 0.0171. The Hall–Kier alpha value is -3.15. The van der Waals surface area contributed by atoms with Gasteiger partial charge in [0.1, 0.15) is 0 Å². The number of nitrogens with one attached hydrogen (secondary N) is 2. The molecule has 26 heavy (non-hydrogen) atoms. The summed E-state index contributed by atoms with van der Waals surface area (Å²) < 4.78 is 0. The van der Waals surface area contributed by atoms with Gasteiger partial charge in [0.25, 0.3) is 0 Å². The Morgan fingerprint density at radius 2 is 1.96 bits per heavy atom. The monoisotopic (exact) mass is 352 g/mol. The lowest BCUT2D eigenvalue weighted by atomic mass is 10.0. The smallest absolute Gasteiger partial charge is 0.335 e. The molecule has 6 nitrogen and oxygen atoms in total. The molecule has 1 aliphatic rings. The quantitative estimate of drug-likeness (QED) is 0.713. The van der Waals surface area contributed by atoms with Crippen molar-refractivity contribution >= 4 is 23.5 Å². The third-order valence-electron chi connectivity index (χ3n) is 4.33. The Kier molecular flexibility index (Phi) is 5.31. The number of aromatic carboxylic acids is 1. The molecule has 3 rings (SSSR count). The van der Waals surface area contributed by atoms with Crippen LogP contribution >= 0.6 is 0 Å². The van der Waals surface area contributed by atoms with Gasteiger partial charge in [0, 0.05) is 18.7 Å². The van der Waals surface area contributed by atoms with E-state index in [-0.39, 0.29) is 17.4 Å². The maximum absolute atomic E-state index is 12.0. The first kappa shape index (κ1) is 17.7. The predicted molar refractivity (Wildman–Crippen MR) is 97.0 cm³/mol. The van der Waals surface area contributed by atoms with Crippen LogP contribution in [-0.4, -0.2) is 22.9 Å². The van der Waals surface area contributed by atoms with Crippen molar-refractivity contribution in [3.05, 3.63) is 64.7 Å². The summed E-state index contributed by atoms with van der Waals surface area (Å²) in [5.41, 5.74) is 3.97. The molecule has 0 fully saturated rings. The molecule has 0 bridgehead atoms. The van der Waals surface area contributed by atoms with E-state index in [0.717, 1.165) is 28.8 Å². The number of anilines is 1. The number of carboxylic acids is 1. The minimum atomic E-state index is -0.982. The summed E-state index contributed by atoms with van der Waals surface area (Å²) in [5.74, 6) is -1.03. The van der Waals surface area contributed by atoms with E-state index in [1.165, 1.54) is 6.07 Å². The third-order valence-corrected chi connectivity index (χ3v) is 4.33. The van der Waals surface area contributed by atoms with Crippen molar-refractivity contribution < 1.29 is 19.5 Å². The van der Waals surface area contributed by atoms with Crippen LogP contribution in [0.5, 0.6) is 0 Å². The second-order valence-corrected chi connectivity index (χ2v) is 6.35. The van der Waals surface area contributed by atoms with Gasteiger partial charge >= 0.3 is 5.97 Å². The van der Waals surface area contributed by atoms with Crippen molar-refractivity contribution in [3.8, 4) is 0 Å². The largest absolute Gasteiger partial charge is 0.478 e. The van der Waals surface area contributed by atoms with E-state index in [1.807, 2.05) is 18.2 Å². The van der Waals surface area contributed by atoms with Gasteiger partial charge in [-0.05, 0) is 47.7 Å². The summed E-state index contributed by atoms with van der Waals surface area (Å²) in [6, 6.07) is 12.4. The molecule has 0 radical (unpaired) electrons. The van der Waals surface area contributed by atoms with Gasteiger partial charge in [-0.1, -0.05) is 24.3 Å². The molecule has 6 heteroatoms. The maximum atomic E-state index is 12.0. The van der Waals surface area contributed by atoms with Crippen LogP contribution in [0.25, 0.3) is 0 Å². The van der Waals surface area contributed by atoms with Crippen molar-refractivity contribution in [2.45, 2.75) is 32.2 Å². The maximum Gasteiger partial charge on any atom is 0.335 e. The Balaban J connectivity index is 1.43. The van der Waals surface area contributed by atoms with Crippen LogP contribution in [0.1, 0.15) is 39.9 Å². The Morgan fingerprint density at radius 3 is 2.77 bits per heavy atom. The molecule has 0 aromatic heterocycles. The zero-order chi connectivity index (χ0) is 18.5. The topological polar surface area (TPSA) is 95.5 Å². The highest BCUT2D eigenvalue weighted by Crippen LogP contribution is 2.24. The number of fused-ring (bicyclic) bond motifs is 1. The lowest BCUT2D eigenvalue weighted by Gasteiger charge is -2.07. The summed E-state index contributed by atoms with van der Waals surface area (Å²) in [6.45, 7) is 0.312. The zero-order valence-corrected chi connectivity index (χ0v) is 14.2. The molecule has 2 amide bonds. The lowest BCUT2D eigenvalue weighted by molar-refractivity contribution is -0.121. The third kappa shape index (κ3) is 4.47. The van der Waals surface area contributed by atoms with Gasteiger partial charge in [-0.25, -0.2) is 4.79 Å². The predicted octanol–water partition coefficient (Wildman–Crippen LogP) is 2.52. The second kappa shape index (κ2) is 7.82. The van der Waals surface area contributed by atoms with Crippen LogP contribution in [0.15, 0.2) is 42.5 Å². The van der Waals surface area contributed by atoms with E-state index in [0.29, 0.717) is 25.8 Å². The van der Waals surface area contributed by atoms with E-state index >= 15 is 0 Å². The van der Waals surface area contributed by atoms with Gasteiger partial charge in [0.05, 0.1) is 12.0 Å². The first-order valence-electron chi connectivity index (χ1n) is 8.52. The molecule has 0 spiro atoms. The van der Waals surface area contributed by atoms with E-state index in [2.05, 4.69) is 10.6 Å². The van der Waals surface area contributed by atoms with Gasteiger partial charge in [0.15, 0.2) is 0 Å². The fraction of sp³-hybridized carbons (Fsp3) is 0.250. The molecule has 0 saturated carbocycles. The molecule has 0 atom stereocenters. The number of hydrogen-bond donors (Lipinski definition) is 3. The minimum Gasteiger partial charge on any atom is -0.478 e. The van der Waals surface area contributed by atoms with Crippen molar-refractivity contribution in [2.75, 3.05) is 5.32 Å². The number of amides is 2. The molecule has 3 N–H and O–H groups in total. The number of benzene rings is 2. The number of carbonyl (C=O) groups is 3. The zero-order valence-electron chi connectivity index (χ0n) is 14.2. The average Bonchev–Trinajstić information content (AvgIpc) is 2.99. The number of rotatable bonds is 7. The highest BCUT2D eigenvalue weighted by Gasteiger charge is 2.17. The normalized spacial score (nSPS) is 12.4. The number of carbonyl (C=O) groups excluding carboxylic acids is 2. The summed E-state index contributed by atoms with van der Waals surface area (Å²) in [7, 11) is 0. The summed E-state index contributed by atoms with van der Waals surface area (Å²) >= 11 is 0. The summed E-state index contributed by atoms with van der Waals surface area (Å²) in [6.07, 6.45) is 2.29. The lowest BCUT2D eigenvalue weighted by Crippen LogP contribution is -2.22. The van der Waals surface area contributed by atoms with Gasteiger partial charge in [0.2, 0.25) is 11.8 Å². The van der Waals surface area contributed by atoms with Gasteiger partial charge < -0.3 is 15.7 Å². The van der Waals surface area contributed by atoms with E-state index < -0.39 is 5.97 Å². The first-order chi connectivity index (χ1) is 12.5. The Bertz CT molecular complexity index is 861. The molecular weight excluding hydrogens is 332 g/mol. The fourth-order valence-electron chi connectivity index (χ4n) is 2.99. The van der Waals surface area contributed by atoms with Crippen LogP contribution in [0.2, 0.25) is 0 Å². The van der Waals surface area contributed by atoms with Crippen LogP contribution in [0, 0.1) is 0 Å². The van der Waals surface area contributed by atoms with Gasteiger partial charge in [-0.2, -0.15) is 0 Å². The SMILES string of the molecule is O=C(CCCc1ccc2c(c1)CC(=O)N2)NCc1cccc(C(=O)O)c1. The fourth-order valence-corrected chi connectivity index (χ4v) is 2.99. The van der Waals surface area contributed by atoms with Crippen LogP contribution in [0.3, 0.4) is 0 Å². The summed E-state index contributed by atoms with van der Waals surface area (Å²) in [4.78, 5) is 34.3. The van der Waals surface area contributed by atoms with Crippen molar-refractivity contribution in [2.24, 2.45) is 0 Å². The number of carboxylic acid groups (broad SMARTS) is 1. The molecule has 134 valence electrons. The molecule has 0 aliphatic carbocycles. The van der Waals surface area contributed by atoms with Crippen LogP contribution in [0.4, 0.5) is 5.69 Å². The van der Waals surface area contributed by atoms with Crippen LogP contribution in [-0.2, 0) is 29.0 Å². The van der Waals surface area contributed by atoms with Gasteiger partial charge in [-0.15, -0.1) is 0 Å². The molecule has 0 saturated heterocycles. The number of aryl methyl sites for hydroxylation is 1. The molecule has 0 unspecified atom stereocenters. The Morgan fingerprint density at radius 1 is 1.12 bits per heavy atom. The first-order valence-corrected chi connectivity index (χ1v) is 8.52. The standard InChI is InChI=1S/C20H20N2O4/c23-18(21-12-14-4-1-5-15(10-14)20(25)26)6-2-3-13-7-8-17-16(9-13)11-19(24)22-17/h1,4-5,7-10H,2-3,6,11-12H2,(H,21,23)(H,22,24)(H,25,26). The van der Waals surface area contributed by atoms with E-state index in [4.69, 9.17) is 5.11 Å². The molecule has 1 heterocycles. The average molecular weight is 352 g/mol. The molecule has 2 aromatic carbocycles. The van der Waals surface area contributed by atoms with Crippen molar-refractivity contribution in [1.82, 2.24) is 5.32 Å². The number of hydrogen-bond acceptors (Lipinski definition) is 3. The molecule has 2 aromatic rings. The van der Waals surface area contributed by atoms with E-state index in [1.54, 1.807) is 18.2 Å². The molecule has 1 aliphatic heterocycles. The highest BCUT2D eigenvalue weighted by molar-refractivity contribution is 5.99. The van der Waals surface area contributed by atoms with Crippen molar-refractivity contribution in [1.29, 1.82) is 0 Å². The Labute approximate surface area is 151 Å². The van der Waals surface area contributed by atoms with Crippen molar-refractivity contribution in [3.63, 3.8) is 0 Å². The second-order valence-electron chi connectivity index (χ2n) is 6.35.